The summed E-state index contributed by atoms with van der Waals surface area (Å²) in [6.07, 6.45) is 6.27. The number of phenolic OH excluding ortho intramolecular Hbond substituents is 1. The molecule has 0 aromatic heterocycles. The van der Waals surface area contributed by atoms with E-state index in [9.17, 15) is 15.3 Å². The molecule has 1 aromatic rings. The van der Waals surface area contributed by atoms with Crippen LogP contribution < -0.4 is 0 Å². The molecule has 0 aliphatic heterocycles. The van der Waals surface area contributed by atoms with Crippen LogP contribution >= 0.6 is 0 Å². The molecule has 4 aliphatic carbocycles. The molecule has 6 atom stereocenters. The Morgan fingerprint density at radius 1 is 1.13 bits per heavy atom. The van der Waals surface area contributed by atoms with Gasteiger partial charge >= 0.3 is 0 Å². The molecule has 124 valence electrons. The number of aromatic hydroxyl groups is 1. The summed E-state index contributed by atoms with van der Waals surface area (Å²) < 4.78 is 0. The third kappa shape index (κ3) is 1.41. The number of benzene rings is 1. The fourth-order valence-corrected chi connectivity index (χ4v) is 7.34. The van der Waals surface area contributed by atoms with Gasteiger partial charge in [0.2, 0.25) is 0 Å². The second-order valence-corrected chi connectivity index (χ2v) is 8.81. The molecule has 4 aliphatic rings. The molecule has 0 radical (unpaired) electrons. The fraction of sp³-hybridized carbons (Fsp3) is 0.700. The van der Waals surface area contributed by atoms with Crippen molar-refractivity contribution in [3.8, 4) is 5.75 Å². The van der Waals surface area contributed by atoms with Crippen molar-refractivity contribution in [2.45, 2.75) is 69.5 Å². The van der Waals surface area contributed by atoms with Crippen molar-refractivity contribution in [1.29, 1.82) is 0 Å². The summed E-state index contributed by atoms with van der Waals surface area (Å²) in [5.41, 5.74) is 1.81. The van der Waals surface area contributed by atoms with E-state index in [2.05, 4.69) is 13.0 Å². The number of phenols is 1. The first-order chi connectivity index (χ1) is 10.9. The van der Waals surface area contributed by atoms with Gasteiger partial charge < -0.3 is 15.3 Å². The maximum absolute atomic E-state index is 11.2. The van der Waals surface area contributed by atoms with Gasteiger partial charge in [-0.15, -0.1) is 0 Å². The minimum absolute atomic E-state index is 0.0969. The van der Waals surface area contributed by atoms with Crippen LogP contribution in [-0.2, 0) is 6.42 Å². The van der Waals surface area contributed by atoms with Crippen molar-refractivity contribution >= 4 is 0 Å². The first-order valence-corrected chi connectivity index (χ1v) is 9.14. The van der Waals surface area contributed by atoms with E-state index in [1.165, 1.54) is 11.1 Å². The highest BCUT2D eigenvalue weighted by atomic mass is 16.3. The van der Waals surface area contributed by atoms with Crippen molar-refractivity contribution in [3.63, 3.8) is 0 Å². The van der Waals surface area contributed by atoms with Crippen LogP contribution in [0.1, 0.15) is 62.5 Å². The molecule has 5 rings (SSSR count). The number of hydrogen-bond acceptors (Lipinski definition) is 3. The Morgan fingerprint density at radius 3 is 2.74 bits per heavy atom. The third-order valence-electron chi connectivity index (χ3n) is 8.52. The molecular weight excluding hydrogens is 288 g/mol. The Labute approximate surface area is 137 Å². The molecule has 1 aromatic carbocycles. The van der Waals surface area contributed by atoms with E-state index in [1.54, 1.807) is 0 Å². The van der Waals surface area contributed by atoms with Gasteiger partial charge in [0.25, 0.3) is 0 Å². The molecule has 0 saturated heterocycles. The second-order valence-electron chi connectivity index (χ2n) is 8.81. The predicted molar refractivity (Wildman–Crippen MR) is 87.2 cm³/mol. The van der Waals surface area contributed by atoms with Gasteiger partial charge in [-0.2, -0.15) is 0 Å². The first kappa shape index (κ1) is 14.3. The molecule has 0 spiro atoms. The largest absolute Gasteiger partial charge is 0.508 e. The molecule has 2 bridgehead atoms. The zero-order valence-corrected chi connectivity index (χ0v) is 13.8. The molecule has 23 heavy (non-hydrogen) atoms. The molecular formula is C20H26O3. The summed E-state index contributed by atoms with van der Waals surface area (Å²) in [5.74, 6) is 1.46. The van der Waals surface area contributed by atoms with E-state index in [-0.39, 0.29) is 10.8 Å². The van der Waals surface area contributed by atoms with Gasteiger partial charge in [-0.3, -0.25) is 0 Å². The summed E-state index contributed by atoms with van der Waals surface area (Å²) in [6.45, 7) is 2.25. The number of aliphatic hydroxyl groups excluding tert-OH is 1. The van der Waals surface area contributed by atoms with Crippen LogP contribution in [0.5, 0.6) is 5.75 Å². The topological polar surface area (TPSA) is 60.7 Å². The average Bonchev–Trinajstić information content (AvgIpc) is 2.86. The summed E-state index contributed by atoms with van der Waals surface area (Å²) in [6, 6.07) is 5.87. The van der Waals surface area contributed by atoms with Crippen LogP contribution in [0.15, 0.2) is 18.2 Å². The Morgan fingerprint density at radius 2 is 1.96 bits per heavy atom. The van der Waals surface area contributed by atoms with Crippen LogP contribution in [0.3, 0.4) is 0 Å². The van der Waals surface area contributed by atoms with Crippen molar-refractivity contribution in [3.05, 3.63) is 29.3 Å². The van der Waals surface area contributed by atoms with Crippen LogP contribution in [0.4, 0.5) is 0 Å². The normalized spacial score (nSPS) is 50.3. The molecule has 3 heteroatoms. The zero-order chi connectivity index (χ0) is 16.0. The van der Waals surface area contributed by atoms with Gasteiger partial charge in [0.1, 0.15) is 5.75 Å². The first-order valence-electron chi connectivity index (χ1n) is 9.14. The van der Waals surface area contributed by atoms with Crippen LogP contribution in [0.2, 0.25) is 0 Å². The van der Waals surface area contributed by atoms with Gasteiger partial charge in [-0.05, 0) is 85.5 Å². The SMILES string of the molecule is C[C@]12CCC3c4ccc(O)cc4CCC3[C@@]13CC[C@]2(O)[C@H](O)C3. The lowest BCUT2D eigenvalue weighted by atomic mass is 9.48. The molecule has 0 amide bonds. The average molecular weight is 314 g/mol. The Bertz CT molecular complexity index is 685. The zero-order valence-electron chi connectivity index (χ0n) is 13.8. The number of aryl methyl sites for hydroxylation is 1. The molecule has 3 saturated carbocycles. The third-order valence-corrected chi connectivity index (χ3v) is 8.52. The van der Waals surface area contributed by atoms with E-state index >= 15 is 0 Å². The Kier molecular flexibility index (Phi) is 2.56. The highest BCUT2D eigenvalue weighted by Gasteiger charge is 2.76. The lowest BCUT2D eigenvalue weighted by Gasteiger charge is -2.56. The number of rotatable bonds is 0. The highest BCUT2D eigenvalue weighted by Crippen LogP contribution is 2.77. The van der Waals surface area contributed by atoms with Crippen LogP contribution in [0, 0.1) is 16.7 Å². The van der Waals surface area contributed by atoms with Gasteiger partial charge in [-0.25, -0.2) is 0 Å². The monoisotopic (exact) mass is 314 g/mol. The van der Waals surface area contributed by atoms with Gasteiger partial charge in [0, 0.05) is 5.41 Å². The minimum atomic E-state index is -0.868. The maximum atomic E-state index is 11.2. The standard InChI is InChI=1S/C20H26O3/c1-18-7-6-15-14-4-3-13(21)10-12(14)2-5-16(15)19(18)8-9-20(18,23)17(22)11-19/h3-4,10,15-17,21-23H,2,5-9,11H2,1H3/t15?,16?,17-,18+,19+,20+/m1/s1. The van der Waals surface area contributed by atoms with E-state index in [1.807, 2.05) is 12.1 Å². The summed E-state index contributed by atoms with van der Waals surface area (Å²) >= 11 is 0. The van der Waals surface area contributed by atoms with Gasteiger partial charge in [-0.1, -0.05) is 13.0 Å². The lowest BCUT2D eigenvalue weighted by molar-refractivity contribution is -0.129. The Hall–Kier alpha value is -1.06. The fourth-order valence-electron chi connectivity index (χ4n) is 7.34. The van der Waals surface area contributed by atoms with Crippen molar-refractivity contribution in [2.24, 2.45) is 16.7 Å². The van der Waals surface area contributed by atoms with Crippen molar-refractivity contribution < 1.29 is 15.3 Å². The predicted octanol–water partition coefficient (Wildman–Crippen LogP) is 3.11. The van der Waals surface area contributed by atoms with Crippen molar-refractivity contribution in [1.82, 2.24) is 0 Å². The Balaban J connectivity index is 1.63. The summed E-state index contributed by atoms with van der Waals surface area (Å²) in [7, 11) is 0. The molecule has 3 N–H and O–H groups in total. The van der Waals surface area contributed by atoms with E-state index in [4.69, 9.17) is 0 Å². The van der Waals surface area contributed by atoms with Crippen LogP contribution in [-0.4, -0.2) is 27.0 Å². The van der Waals surface area contributed by atoms with Crippen LogP contribution in [0.25, 0.3) is 0 Å². The number of hydrogen-bond donors (Lipinski definition) is 3. The minimum Gasteiger partial charge on any atom is -0.508 e. The van der Waals surface area contributed by atoms with E-state index < -0.39 is 11.7 Å². The van der Waals surface area contributed by atoms with Crippen molar-refractivity contribution in [2.75, 3.05) is 0 Å². The molecule has 3 fully saturated rings. The second kappa shape index (κ2) is 4.12. The molecule has 0 heterocycles. The van der Waals surface area contributed by atoms with E-state index in [0.717, 1.165) is 44.9 Å². The number of fused-ring (bicyclic) bond motifs is 3. The quantitative estimate of drug-likeness (QED) is 0.689. The molecule has 3 nitrogen and oxygen atoms in total. The summed E-state index contributed by atoms with van der Waals surface area (Å²) in [5, 5.41) is 31.6. The highest BCUT2D eigenvalue weighted by molar-refractivity contribution is 5.41. The van der Waals surface area contributed by atoms with Gasteiger partial charge in [0.15, 0.2) is 0 Å². The molecule has 2 unspecified atom stereocenters. The maximum Gasteiger partial charge on any atom is 0.115 e. The lowest BCUT2D eigenvalue weighted by Crippen LogP contribution is -2.53. The summed E-state index contributed by atoms with van der Waals surface area (Å²) in [4.78, 5) is 0. The number of aliphatic hydroxyl groups is 2. The van der Waals surface area contributed by atoms with E-state index in [0.29, 0.717) is 17.6 Å². The van der Waals surface area contributed by atoms with Gasteiger partial charge in [0.05, 0.1) is 11.7 Å². The smallest absolute Gasteiger partial charge is 0.115 e.